The molecule has 0 spiro atoms. The highest BCUT2D eigenvalue weighted by atomic mass is 16.5. The van der Waals surface area contributed by atoms with E-state index in [0.717, 1.165) is 29.7 Å². The summed E-state index contributed by atoms with van der Waals surface area (Å²) in [7, 11) is 1.66. The average Bonchev–Trinajstić information content (AvgIpc) is 2.27. The fourth-order valence-electron chi connectivity index (χ4n) is 1.36. The molecule has 0 radical (unpaired) electrons. The monoisotopic (exact) mass is 192 g/mol. The van der Waals surface area contributed by atoms with E-state index in [1.165, 1.54) is 0 Å². The Labute approximate surface area is 85.0 Å². The molecule has 0 N–H and O–H groups in total. The van der Waals surface area contributed by atoms with Crippen LogP contribution >= 0.6 is 0 Å². The Morgan fingerprint density at radius 3 is 2.57 bits per heavy atom. The van der Waals surface area contributed by atoms with Crippen LogP contribution in [-0.4, -0.2) is 12.9 Å². The summed E-state index contributed by atoms with van der Waals surface area (Å²) in [6.07, 6.45) is 7.19. The number of carbonyl (C=O) groups is 1. The van der Waals surface area contributed by atoms with Crippen LogP contribution in [0.4, 0.5) is 0 Å². The maximum atomic E-state index is 11.7. The Balaban J connectivity index is 2.78. The maximum Gasteiger partial charge on any atom is 0.184 e. The molecule has 0 aliphatic heterocycles. The Bertz CT molecular complexity index is 319. The molecule has 0 atom stereocenters. The van der Waals surface area contributed by atoms with E-state index in [0.29, 0.717) is 0 Å². The predicted molar refractivity (Wildman–Crippen MR) is 56.8 cm³/mol. The molecule has 76 valence electrons. The number of hydrogen-bond acceptors (Lipinski definition) is 2. The summed E-state index contributed by atoms with van der Waals surface area (Å²) in [6.45, 7) is 3.73. The van der Waals surface area contributed by atoms with E-state index >= 15 is 0 Å². The molecule has 0 saturated carbocycles. The lowest BCUT2D eigenvalue weighted by atomic mass is 9.96. The second kappa shape index (κ2) is 4.80. The minimum Gasteiger partial charge on any atom is -0.501 e. The van der Waals surface area contributed by atoms with Crippen LogP contribution in [0, 0.1) is 0 Å². The van der Waals surface area contributed by atoms with Gasteiger partial charge in [-0.15, -0.1) is 0 Å². The van der Waals surface area contributed by atoms with E-state index in [2.05, 4.69) is 0 Å². The Hall–Kier alpha value is -1.31. The van der Waals surface area contributed by atoms with Gasteiger partial charge in [0.1, 0.15) is 0 Å². The number of hydrogen-bond donors (Lipinski definition) is 0. The lowest BCUT2D eigenvalue weighted by Crippen LogP contribution is -2.07. The van der Waals surface area contributed by atoms with E-state index in [1.54, 1.807) is 7.11 Å². The van der Waals surface area contributed by atoms with Gasteiger partial charge in [-0.05, 0) is 31.9 Å². The molecule has 0 aromatic heterocycles. The summed E-state index contributed by atoms with van der Waals surface area (Å²) in [5.74, 6) is 1.10. The van der Waals surface area contributed by atoms with Crippen molar-refractivity contribution < 1.29 is 9.53 Å². The molecular weight excluding hydrogens is 176 g/mol. The first-order valence-electron chi connectivity index (χ1n) is 4.80. The van der Waals surface area contributed by atoms with Crippen molar-refractivity contribution in [3.8, 4) is 0 Å². The van der Waals surface area contributed by atoms with Gasteiger partial charge in [-0.25, -0.2) is 0 Å². The fraction of sp³-hybridized carbons (Fsp3) is 0.417. The number of Topliss-reactive ketones (excluding diaryl/α,β-unsaturated/α-hetero) is 1. The van der Waals surface area contributed by atoms with Crippen molar-refractivity contribution in [1.29, 1.82) is 0 Å². The van der Waals surface area contributed by atoms with Crippen molar-refractivity contribution in [3.05, 3.63) is 35.1 Å². The SMILES string of the molecule is C/C=C(\C)C(=O)C1=CC=C(OC)CC1. The van der Waals surface area contributed by atoms with Gasteiger partial charge in [0, 0.05) is 12.0 Å². The van der Waals surface area contributed by atoms with Crippen LogP contribution in [0.1, 0.15) is 26.7 Å². The molecular formula is C12H16O2. The lowest BCUT2D eigenvalue weighted by Gasteiger charge is -2.12. The van der Waals surface area contributed by atoms with Gasteiger partial charge in [-0.2, -0.15) is 0 Å². The van der Waals surface area contributed by atoms with E-state index in [1.807, 2.05) is 32.1 Å². The Morgan fingerprint density at radius 1 is 1.43 bits per heavy atom. The van der Waals surface area contributed by atoms with Crippen LogP contribution in [0.2, 0.25) is 0 Å². The standard InChI is InChI=1S/C12H16O2/c1-4-9(2)12(13)10-5-7-11(14-3)8-6-10/h4-5,7H,6,8H2,1-3H3/b9-4+. The third-order valence-corrected chi connectivity index (χ3v) is 2.46. The van der Waals surface area contributed by atoms with Crippen LogP contribution in [0.3, 0.4) is 0 Å². The Morgan fingerprint density at radius 2 is 2.14 bits per heavy atom. The largest absolute Gasteiger partial charge is 0.501 e. The highest BCUT2D eigenvalue weighted by molar-refractivity contribution is 6.08. The van der Waals surface area contributed by atoms with E-state index in [-0.39, 0.29) is 5.78 Å². The van der Waals surface area contributed by atoms with Crippen molar-refractivity contribution in [3.63, 3.8) is 0 Å². The van der Waals surface area contributed by atoms with Gasteiger partial charge in [-0.1, -0.05) is 12.2 Å². The zero-order valence-electron chi connectivity index (χ0n) is 8.96. The summed E-state index contributed by atoms with van der Waals surface area (Å²) in [5, 5.41) is 0. The molecule has 0 unspecified atom stereocenters. The van der Waals surface area contributed by atoms with Crippen LogP contribution in [0.25, 0.3) is 0 Å². The summed E-state index contributed by atoms with van der Waals surface area (Å²) in [4.78, 5) is 11.7. The van der Waals surface area contributed by atoms with Crippen molar-refractivity contribution in [2.45, 2.75) is 26.7 Å². The third kappa shape index (κ3) is 2.34. The minimum atomic E-state index is 0.152. The molecule has 0 aromatic carbocycles. The number of methoxy groups -OCH3 is 1. The topological polar surface area (TPSA) is 26.3 Å². The predicted octanol–water partition coefficient (Wildman–Crippen LogP) is 2.77. The van der Waals surface area contributed by atoms with Crippen LogP contribution in [0.5, 0.6) is 0 Å². The normalized spacial score (nSPS) is 17.2. The zero-order chi connectivity index (χ0) is 10.6. The Kier molecular flexibility index (Phi) is 3.69. The fourth-order valence-corrected chi connectivity index (χ4v) is 1.36. The second-order valence-corrected chi connectivity index (χ2v) is 3.33. The first kappa shape index (κ1) is 10.8. The van der Waals surface area contributed by atoms with E-state index < -0.39 is 0 Å². The number of ether oxygens (including phenoxy) is 1. The van der Waals surface area contributed by atoms with Gasteiger partial charge in [0.25, 0.3) is 0 Å². The number of ketones is 1. The third-order valence-electron chi connectivity index (χ3n) is 2.46. The molecule has 0 amide bonds. The summed E-state index contributed by atoms with van der Waals surface area (Å²) in [5.41, 5.74) is 1.69. The summed E-state index contributed by atoms with van der Waals surface area (Å²) < 4.78 is 5.10. The van der Waals surface area contributed by atoms with Gasteiger partial charge >= 0.3 is 0 Å². The summed E-state index contributed by atoms with van der Waals surface area (Å²) >= 11 is 0. The molecule has 0 bridgehead atoms. The highest BCUT2D eigenvalue weighted by Gasteiger charge is 2.14. The van der Waals surface area contributed by atoms with Crippen LogP contribution < -0.4 is 0 Å². The molecule has 14 heavy (non-hydrogen) atoms. The molecule has 0 fully saturated rings. The van der Waals surface area contributed by atoms with E-state index in [9.17, 15) is 4.79 Å². The van der Waals surface area contributed by atoms with Gasteiger partial charge in [0.2, 0.25) is 0 Å². The molecule has 0 heterocycles. The second-order valence-electron chi connectivity index (χ2n) is 3.33. The lowest BCUT2D eigenvalue weighted by molar-refractivity contribution is -0.112. The molecule has 0 aromatic rings. The molecule has 2 nitrogen and oxygen atoms in total. The van der Waals surface area contributed by atoms with Crippen molar-refractivity contribution >= 4 is 5.78 Å². The van der Waals surface area contributed by atoms with Crippen molar-refractivity contribution in [2.75, 3.05) is 7.11 Å². The molecule has 0 saturated heterocycles. The molecule has 2 heteroatoms. The van der Waals surface area contributed by atoms with Crippen LogP contribution in [0.15, 0.2) is 35.1 Å². The smallest absolute Gasteiger partial charge is 0.184 e. The van der Waals surface area contributed by atoms with Crippen molar-refractivity contribution in [1.82, 2.24) is 0 Å². The van der Waals surface area contributed by atoms with E-state index in [4.69, 9.17) is 4.74 Å². The maximum absolute atomic E-state index is 11.7. The molecule has 1 rings (SSSR count). The van der Waals surface area contributed by atoms with Crippen molar-refractivity contribution in [2.24, 2.45) is 0 Å². The first-order chi connectivity index (χ1) is 6.69. The average molecular weight is 192 g/mol. The zero-order valence-corrected chi connectivity index (χ0v) is 8.96. The van der Waals surface area contributed by atoms with Crippen LogP contribution in [-0.2, 0) is 9.53 Å². The summed E-state index contributed by atoms with van der Waals surface area (Å²) in [6, 6.07) is 0. The quantitative estimate of drug-likeness (QED) is 0.643. The van der Waals surface area contributed by atoms with Gasteiger partial charge in [0.05, 0.1) is 12.9 Å². The molecule has 1 aliphatic carbocycles. The molecule has 1 aliphatic rings. The number of carbonyl (C=O) groups excluding carboxylic acids is 1. The number of allylic oxidation sites excluding steroid dienone is 6. The van der Waals surface area contributed by atoms with Gasteiger partial charge < -0.3 is 4.74 Å². The number of rotatable bonds is 3. The van der Waals surface area contributed by atoms with Gasteiger partial charge in [-0.3, -0.25) is 4.79 Å². The minimum absolute atomic E-state index is 0.152. The first-order valence-corrected chi connectivity index (χ1v) is 4.80. The van der Waals surface area contributed by atoms with Gasteiger partial charge in [0.15, 0.2) is 5.78 Å². The highest BCUT2D eigenvalue weighted by Crippen LogP contribution is 2.21.